The predicted molar refractivity (Wildman–Crippen MR) is 94.5 cm³/mol. The summed E-state index contributed by atoms with van der Waals surface area (Å²) in [6.45, 7) is 4.10. The lowest BCUT2D eigenvalue weighted by Gasteiger charge is -2.10. The van der Waals surface area contributed by atoms with Crippen molar-refractivity contribution < 1.29 is 9.90 Å². The van der Waals surface area contributed by atoms with Crippen LogP contribution in [-0.4, -0.2) is 32.1 Å². The number of aryl methyl sites for hydroxylation is 2. The fourth-order valence-corrected chi connectivity index (χ4v) is 3.00. The van der Waals surface area contributed by atoms with Crippen LogP contribution >= 0.6 is 0 Å². The number of amides is 1. The van der Waals surface area contributed by atoms with Crippen molar-refractivity contribution in [2.45, 2.75) is 27.0 Å². The van der Waals surface area contributed by atoms with Gasteiger partial charge in [-0.25, -0.2) is 4.98 Å². The van der Waals surface area contributed by atoms with Gasteiger partial charge in [0.2, 0.25) is 0 Å². The van der Waals surface area contributed by atoms with Gasteiger partial charge in [-0.2, -0.15) is 0 Å². The minimum absolute atomic E-state index is 0.128. The number of carbonyl (C=O) groups excluding carboxylic acids is 1. The number of hydrogen-bond donors (Lipinski definition) is 3. The predicted octanol–water partition coefficient (Wildman–Crippen LogP) is 1.26. The number of nitrogens with zero attached hydrogens (tertiary/aromatic N) is 2. The van der Waals surface area contributed by atoms with Gasteiger partial charge in [-0.05, 0) is 37.6 Å². The van der Waals surface area contributed by atoms with Crippen molar-refractivity contribution in [1.82, 2.24) is 19.9 Å². The highest BCUT2D eigenvalue weighted by Gasteiger charge is 2.15. The molecule has 7 heteroatoms. The monoisotopic (exact) mass is 340 g/mol. The van der Waals surface area contributed by atoms with Crippen LogP contribution in [0.5, 0.6) is 0 Å². The summed E-state index contributed by atoms with van der Waals surface area (Å²) >= 11 is 0. The third-order valence-electron chi connectivity index (χ3n) is 4.09. The number of fused-ring (bicyclic) bond motifs is 1. The average molecular weight is 340 g/mol. The number of aromatic nitrogens is 3. The third-order valence-corrected chi connectivity index (χ3v) is 4.09. The number of hydrogen-bond acceptors (Lipinski definition) is 4. The van der Waals surface area contributed by atoms with Crippen LogP contribution in [0.3, 0.4) is 0 Å². The number of para-hydroxylation sites is 2. The molecule has 0 aliphatic carbocycles. The van der Waals surface area contributed by atoms with Gasteiger partial charge in [0.05, 0.1) is 11.0 Å². The summed E-state index contributed by atoms with van der Waals surface area (Å²) in [5.74, 6) is 0.133. The van der Waals surface area contributed by atoms with E-state index in [0.29, 0.717) is 24.5 Å². The SMILES string of the molecule is Cc1cc(C)c(C(=O)NCCn2c(CO)nc3ccccc32)c(=O)[nH]1. The Bertz CT molecular complexity index is 988. The first kappa shape index (κ1) is 16.9. The molecular formula is C18H20N4O3. The molecule has 3 N–H and O–H groups in total. The van der Waals surface area contributed by atoms with Crippen LogP contribution in [0, 0.1) is 13.8 Å². The minimum atomic E-state index is -0.409. The quantitative estimate of drug-likeness (QED) is 0.651. The average Bonchev–Trinajstić information content (AvgIpc) is 2.92. The molecule has 0 bridgehead atoms. The maximum atomic E-state index is 12.3. The molecule has 1 aromatic carbocycles. The molecule has 0 atom stereocenters. The van der Waals surface area contributed by atoms with E-state index in [-0.39, 0.29) is 17.7 Å². The van der Waals surface area contributed by atoms with Crippen molar-refractivity contribution in [2.24, 2.45) is 0 Å². The molecule has 0 saturated carbocycles. The molecule has 0 aliphatic rings. The number of nitrogens with one attached hydrogen (secondary N) is 2. The van der Waals surface area contributed by atoms with E-state index in [4.69, 9.17) is 0 Å². The summed E-state index contributed by atoms with van der Waals surface area (Å²) in [4.78, 5) is 31.4. The van der Waals surface area contributed by atoms with Crippen LogP contribution < -0.4 is 10.9 Å². The highest BCUT2D eigenvalue weighted by atomic mass is 16.3. The Morgan fingerprint density at radius 1 is 1.32 bits per heavy atom. The van der Waals surface area contributed by atoms with Gasteiger partial charge in [-0.15, -0.1) is 0 Å². The Labute approximate surface area is 144 Å². The number of rotatable bonds is 5. The lowest BCUT2D eigenvalue weighted by atomic mass is 10.1. The Kier molecular flexibility index (Phi) is 4.67. The molecule has 0 spiro atoms. The zero-order valence-corrected chi connectivity index (χ0v) is 14.2. The zero-order chi connectivity index (χ0) is 18.0. The van der Waals surface area contributed by atoms with Crippen molar-refractivity contribution in [3.8, 4) is 0 Å². The van der Waals surface area contributed by atoms with E-state index in [9.17, 15) is 14.7 Å². The summed E-state index contributed by atoms with van der Waals surface area (Å²) in [7, 11) is 0. The molecule has 3 aromatic rings. The molecule has 2 heterocycles. The first-order valence-electron chi connectivity index (χ1n) is 8.05. The van der Waals surface area contributed by atoms with Gasteiger partial charge in [0.15, 0.2) is 0 Å². The van der Waals surface area contributed by atoms with Crippen LogP contribution in [0.25, 0.3) is 11.0 Å². The maximum Gasteiger partial charge on any atom is 0.261 e. The standard InChI is InChI=1S/C18H20N4O3/c1-11-9-12(2)20-18(25)16(11)17(24)19-7-8-22-14-6-4-3-5-13(14)21-15(22)10-23/h3-6,9,23H,7-8,10H2,1-2H3,(H,19,24)(H,20,25). The second kappa shape index (κ2) is 6.90. The zero-order valence-electron chi connectivity index (χ0n) is 14.2. The van der Waals surface area contributed by atoms with Crippen molar-refractivity contribution in [1.29, 1.82) is 0 Å². The lowest BCUT2D eigenvalue weighted by molar-refractivity contribution is 0.0950. The number of benzene rings is 1. The van der Waals surface area contributed by atoms with E-state index in [2.05, 4.69) is 15.3 Å². The Morgan fingerprint density at radius 2 is 2.08 bits per heavy atom. The van der Waals surface area contributed by atoms with Gasteiger partial charge < -0.3 is 20.0 Å². The van der Waals surface area contributed by atoms with Crippen LogP contribution in [0.4, 0.5) is 0 Å². The number of imidazole rings is 1. The summed E-state index contributed by atoms with van der Waals surface area (Å²) in [6.07, 6.45) is 0. The largest absolute Gasteiger partial charge is 0.388 e. The first-order chi connectivity index (χ1) is 12.0. The van der Waals surface area contributed by atoms with E-state index in [0.717, 1.165) is 16.7 Å². The molecule has 130 valence electrons. The van der Waals surface area contributed by atoms with E-state index >= 15 is 0 Å². The fourth-order valence-electron chi connectivity index (χ4n) is 3.00. The van der Waals surface area contributed by atoms with Gasteiger partial charge in [0, 0.05) is 18.8 Å². The summed E-state index contributed by atoms with van der Waals surface area (Å²) in [5.41, 5.74) is 2.79. The number of aliphatic hydroxyl groups excluding tert-OH is 1. The van der Waals surface area contributed by atoms with Crippen molar-refractivity contribution in [2.75, 3.05) is 6.54 Å². The third kappa shape index (κ3) is 3.32. The molecule has 0 saturated heterocycles. The normalized spacial score (nSPS) is 11.0. The number of aliphatic hydroxyl groups is 1. The molecule has 2 aromatic heterocycles. The second-order valence-corrected chi connectivity index (χ2v) is 5.92. The van der Waals surface area contributed by atoms with Crippen LogP contribution in [0.15, 0.2) is 35.1 Å². The summed E-state index contributed by atoms with van der Waals surface area (Å²) in [6, 6.07) is 9.34. The van der Waals surface area contributed by atoms with E-state index < -0.39 is 5.91 Å². The molecule has 0 aliphatic heterocycles. The second-order valence-electron chi connectivity index (χ2n) is 5.92. The molecule has 0 fully saturated rings. The van der Waals surface area contributed by atoms with Crippen LogP contribution in [-0.2, 0) is 13.2 Å². The number of pyridine rings is 1. The summed E-state index contributed by atoms with van der Waals surface area (Å²) < 4.78 is 1.86. The molecular weight excluding hydrogens is 320 g/mol. The smallest absolute Gasteiger partial charge is 0.261 e. The molecule has 0 radical (unpaired) electrons. The van der Waals surface area contributed by atoms with Gasteiger partial charge in [-0.3, -0.25) is 9.59 Å². The number of carbonyl (C=O) groups is 1. The molecule has 3 rings (SSSR count). The minimum Gasteiger partial charge on any atom is -0.388 e. The lowest BCUT2D eigenvalue weighted by Crippen LogP contribution is -2.33. The van der Waals surface area contributed by atoms with E-state index in [1.807, 2.05) is 28.8 Å². The van der Waals surface area contributed by atoms with Crippen molar-refractivity contribution in [3.05, 3.63) is 63.3 Å². The van der Waals surface area contributed by atoms with Gasteiger partial charge in [-0.1, -0.05) is 12.1 Å². The number of aromatic amines is 1. The van der Waals surface area contributed by atoms with E-state index in [1.165, 1.54) is 0 Å². The highest BCUT2D eigenvalue weighted by molar-refractivity contribution is 5.95. The number of H-pyrrole nitrogens is 1. The first-order valence-corrected chi connectivity index (χ1v) is 8.05. The van der Waals surface area contributed by atoms with Crippen molar-refractivity contribution >= 4 is 16.9 Å². The topological polar surface area (TPSA) is 100 Å². The van der Waals surface area contributed by atoms with Crippen molar-refractivity contribution in [3.63, 3.8) is 0 Å². The van der Waals surface area contributed by atoms with Gasteiger partial charge in [0.1, 0.15) is 18.0 Å². The Balaban J connectivity index is 1.76. The van der Waals surface area contributed by atoms with Gasteiger partial charge in [0.25, 0.3) is 11.5 Å². The molecule has 0 unspecified atom stereocenters. The fraction of sp³-hybridized carbons (Fsp3) is 0.278. The molecule has 1 amide bonds. The van der Waals surface area contributed by atoms with Crippen LogP contribution in [0.1, 0.15) is 27.4 Å². The Hall–Kier alpha value is -2.93. The van der Waals surface area contributed by atoms with Crippen LogP contribution in [0.2, 0.25) is 0 Å². The highest BCUT2D eigenvalue weighted by Crippen LogP contribution is 2.15. The van der Waals surface area contributed by atoms with E-state index in [1.54, 1.807) is 19.9 Å². The van der Waals surface area contributed by atoms with Gasteiger partial charge >= 0.3 is 0 Å². The Morgan fingerprint density at radius 3 is 2.80 bits per heavy atom. The molecule has 7 nitrogen and oxygen atoms in total. The molecule has 25 heavy (non-hydrogen) atoms. The maximum absolute atomic E-state index is 12.3. The summed E-state index contributed by atoms with van der Waals surface area (Å²) in [5, 5.41) is 12.3.